The van der Waals surface area contributed by atoms with Gasteiger partial charge >= 0.3 is 6.03 Å². The Kier molecular flexibility index (Phi) is 5.08. The lowest BCUT2D eigenvalue weighted by Crippen LogP contribution is -2.39. The van der Waals surface area contributed by atoms with E-state index in [2.05, 4.69) is 25.7 Å². The summed E-state index contributed by atoms with van der Waals surface area (Å²) in [5, 5.41) is 9.87. The second-order valence-electron chi connectivity index (χ2n) is 7.10. The molecule has 0 bridgehead atoms. The number of hydrogen-bond donors (Lipinski definition) is 2. The number of aromatic nitrogens is 4. The molecular formula is C17H24N6O3. The molecule has 0 unspecified atom stereocenters. The monoisotopic (exact) mass is 360 g/mol. The molecule has 3 heterocycles. The van der Waals surface area contributed by atoms with E-state index in [0.717, 1.165) is 5.56 Å². The van der Waals surface area contributed by atoms with Crippen LogP contribution in [0.4, 0.5) is 10.7 Å². The number of rotatable bonds is 4. The lowest BCUT2D eigenvalue weighted by Gasteiger charge is -2.20. The van der Waals surface area contributed by atoms with E-state index in [-0.39, 0.29) is 29.7 Å². The zero-order valence-corrected chi connectivity index (χ0v) is 15.4. The molecule has 2 atom stereocenters. The fourth-order valence-corrected chi connectivity index (χ4v) is 2.70. The maximum atomic E-state index is 12.3. The van der Waals surface area contributed by atoms with E-state index in [1.165, 1.54) is 0 Å². The third kappa shape index (κ3) is 4.10. The van der Waals surface area contributed by atoms with Crippen molar-refractivity contribution in [3.05, 3.63) is 30.2 Å². The average molecular weight is 360 g/mol. The molecule has 1 fully saturated rings. The minimum atomic E-state index is -0.362. The molecule has 0 saturated carbocycles. The topological polar surface area (TPSA) is 103 Å². The van der Waals surface area contributed by atoms with Crippen LogP contribution in [-0.4, -0.2) is 45.5 Å². The quantitative estimate of drug-likeness (QED) is 0.865. The number of carbonyl (C=O) groups is 1. The number of anilines is 1. The molecule has 0 radical (unpaired) electrons. The van der Waals surface area contributed by atoms with E-state index in [9.17, 15) is 4.79 Å². The van der Waals surface area contributed by atoms with Gasteiger partial charge in [-0.25, -0.2) is 19.4 Å². The lowest BCUT2D eigenvalue weighted by molar-refractivity contribution is 0.100. The number of pyridine rings is 1. The summed E-state index contributed by atoms with van der Waals surface area (Å²) in [6.07, 6.45) is 3.77. The Labute approximate surface area is 152 Å². The van der Waals surface area contributed by atoms with Crippen molar-refractivity contribution in [1.82, 2.24) is 25.1 Å². The van der Waals surface area contributed by atoms with Gasteiger partial charge in [0.15, 0.2) is 0 Å². The van der Waals surface area contributed by atoms with Crippen molar-refractivity contribution >= 4 is 12.0 Å². The van der Waals surface area contributed by atoms with Gasteiger partial charge in [0.05, 0.1) is 18.7 Å². The Balaban J connectivity index is 1.61. The molecule has 0 spiro atoms. The van der Waals surface area contributed by atoms with Crippen LogP contribution in [0.3, 0.4) is 0 Å². The molecule has 1 saturated heterocycles. The zero-order valence-electron chi connectivity index (χ0n) is 15.4. The fraction of sp³-hybridized carbons (Fsp3) is 0.529. The maximum Gasteiger partial charge on any atom is 0.321 e. The molecule has 26 heavy (non-hydrogen) atoms. The van der Waals surface area contributed by atoms with Crippen molar-refractivity contribution in [2.24, 2.45) is 0 Å². The van der Waals surface area contributed by atoms with Gasteiger partial charge in [-0.2, -0.15) is 0 Å². The molecule has 9 heteroatoms. The second-order valence-corrected chi connectivity index (χ2v) is 7.10. The molecule has 1 aliphatic rings. The van der Waals surface area contributed by atoms with Crippen LogP contribution in [0.5, 0.6) is 5.88 Å². The summed E-state index contributed by atoms with van der Waals surface area (Å²) < 4.78 is 12.5. The van der Waals surface area contributed by atoms with E-state index in [0.29, 0.717) is 18.9 Å². The Bertz CT molecular complexity index is 753. The highest BCUT2D eigenvalue weighted by Crippen LogP contribution is 2.29. The molecule has 0 aromatic carbocycles. The average Bonchev–Trinajstić information content (AvgIpc) is 3.24. The second kappa shape index (κ2) is 7.28. The van der Waals surface area contributed by atoms with Crippen LogP contribution in [0.25, 0.3) is 0 Å². The third-order valence-corrected chi connectivity index (χ3v) is 4.11. The summed E-state index contributed by atoms with van der Waals surface area (Å²) in [6, 6.07) is 3.14. The summed E-state index contributed by atoms with van der Waals surface area (Å²) in [7, 11) is 1.57. The van der Waals surface area contributed by atoms with Crippen LogP contribution in [0, 0.1) is 0 Å². The summed E-state index contributed by atoms with van der Waals surface area (Å²) >= 11 is 0. The predicted molar refractivity (Wildman–Crippen MR) is 95.1 cm³/mol. The van der Waals surface area contributed by atoms with Crippen LogP contribution in [0.1, 0.15) is 38.9 Å². The number of hydrogen-bond acceptors (Lipinski definition) is 6. The highest BCUT2D eigenvalue weighted by molar-refractivity contribution is 5.87. The molecule has 2 N–H and O–H groups in total. The predicted octanol–water partition coefficient (Wildman–Crippen LogP) is 2.09. The van der Waals surface area contributed by atoms with Gasteiger partial charge in [0.2, 0.25) is 11.8 Å². The Morgan fingerprint density at radius 2 is 2.15 bits per heavy atom. The lowest BCUT2D eigenvalue weighted by atomic mass is 10.0. The standard InChI is InChI=1S/C17H24N6O3/c1-17(2,3)23-10-19-15(22-23)21-16(24)20-12-7-8-26-14(12)11-5-6-13(25-4)18-9-11/h5-6,9-10,12,14H,7-8H2,1-4H3,(H2,20,21,22,24)/t12-,14+/m0/s1. The Morgan fingerprint density at radius 1 is 1.35 bits per heavy atom. The maximum absolute atomic E-state index is 12.3. The van der Waals surface area contributed by atoms with E-state index < -0.39 is 0 Å². The van der Waals surface area contributed by atoms with Crippen LogP contribution >= 0.6 is 0 Å². The highest BCUT2D eigenvalue weighted by atomic mass is 16.5. The van der Waals surface area contributed by atoms with Crippen LogP contribution in [0.2, 0.25) is 0 Å². The summed E-state index contributed by atoms with van der Waals surface area (Å²) in [4.78, 5) is 20.6. The number of nitrogens with zero attached hydrogens (tertiary/aromatic N) is 4. The van der Waals surface area contributed by atoms with Gasteiger partial charge < -0.3 is 14.8 Å². The first-order valence-electron chi connectivity index (χ1n) is 8.48. The smallest absolute Gasteiger partial charge is 0.321 e. The Hall–Kier alpha value is -2.68. The van der Waals surface area contributed by atoms with Crippen molar-refractivity contribution in [1.29, 1.82) is 0 Å². The van der Waals surface area contributed by atoms with Gasteiger partial charge in [-0.1, -0.05) is 0 Å². The van der Waals surface area contributed by atoms with Crippen LogP contribution in [0.15, 0.2) is 24.7 Å². The zero-order chi connectivity index (χ0) is 18.7. The molecular weight excluding hydrogens is 336 g/mol. The van der Waals surface area contributed by atoms with E-state index in [1.807, 2.05) is 26.8 Å². The van der Waals surface area contributed by atoms with Crippen molar-refractivity contribution in [3.63, 3.8) is 0 Å². The number of carbonyl (C=O) groups excluding carboxylic acids is 1. The van der Waals surface area contributed by atoms with Crippen molar-refractivity contribution < 1.29 is 14.3 Å². The first kappa shape index (κ1) is 18.1. The normalized spacial score (nSPS) is 20.0. The van der Waals surface area contributed by atoms with Crippen LogP contribution < -0.4 is 15.4 Å². The van der Waals surface area contributed by atoms with Crippen molar-refractivity contribution in [2.75, 3.05) is 19.0 Å². The molecule has 1 aliphatic heterocycles. The first-order valence-corrected chi connectivity index (χ1v) is 8.48. The molecule has 9 nitrogen and oxygen atoms in total. The number of methoxy groups -OCH3 is 1. The molecule has 3 rings (SSSR count). The first-order chi connectivity index (χ1) is 12.4. The minimum Gasteiger partial charge on any atom is -0.481 e. The van der Waals surface area contributed by atoms with Gasteiger partial charge in [0.1, 0.15) is 12.4 Å². The van der Waals surface area contributed by atoms with Gasteiger partial charge in [-0.05, 0) is 33.3 Å². The summed E-state index contributed by atoms with van der Waals surface area (Å²) in [6.45, 7) is 6.59. The van der Waals surface area contributed by atoms with Gasteiger partial charge in [-0.3, -0.25) is 5.32 Å². The van der Waals surface area contributed by atoms with E-state index in [1.54, 1.807) is 30.4 Å². The molecule has 2 amide bonds. The van der Waals surface area contributed by atoms with E-state index in [4.69, 9.17) is 9.47 Å². The molecule has 0 aliphatic carbocycles. The highest BCUT2D eigenvalue weighted by Gasteiger charge is 2.31. The number of amides is 2. The summed E-state index contributed by atoms with van der Waals surface area (Å²) in [5.74, 6) is 0.800. The van der Waals surface area contributed by atoms with Crippen LogP contribution in [-0.2, 0) is 10.3 Å². The van der Waals surface area contributed by atoms with Crippen molar-refractivity contribution in [3.8, 4) is 5.88 Å². The SMILES string of the molecule is COc1ccc([C@H]2OCC[C@@H]2NC(=O)Nc2ncn(C(C)(C)C)n2)cn1. The van der Waals surface area contributed by atoms with Gasteiger partial charge in [-0.15, -0.1) is 5.10 Å². The third-order valence-electron chi connectivity index (χ3n) is 4.11. The molecule has 140 valence electrons. The number of urea groups is 1. The molecule has 2 aromatic rings. The largest absolute Gasteiger partial charge is 0.481 e. The Morgan fingerprint density at radius 3 is 2.77 bits per heavy atom. The minimum absolute atomic E-state index is 0.158. The number of nitrogens with one attached hydrogen (secondary N) is 2. The summed E-state index contributed by atoms with van der Waals surface area (Å²) in [5.41, 5.74) is 0.693. The molecule has 2 aromatic heterocycles. The number of ether oxygens (including phenoxy) is 2. The van der Waals surface area contributed by atoms with Gasteiger partial charge in [0.25, 0.3) is 0 Å². The van der Waals surface area contributed by atoms with Crippen molar-refractivity contribution in [2.45, 2.75) is 44.9 Å². The fourth-order valence-electron chi connectivity index (χ4n) is 2.70. The van der Waals surface area contributed by atoms with Gasteiger partial charge in [0, 0.05) is 24.4 Å². The van der Waals surface area contributed by atoms with E-state index >= 15 is 0 Å².